The molecule has 0 bridgehead atoms. The molecule has 3 aromatic rings. The molecule has 8 nitrogen and oxygen atoms in total. The molecular weight excluding hydrogens is 478 g/mol. The molecule has 2 aliphatic rings. The first kappa shape index (κ1) is 20.6. The van der Waals surface area contributed by atoms with Gasteiger partial charge in [-0.3, -0.25) is 24.6 Å². The number of carbonyl (C=O) groups excluding carboxylic acids is 2. The van der Waals surface area contributed by atoms with Gasteiger partial charge in [-0.25, -0.2) is 0 Å². The highest BCUT2D eigenvalue weighted by Crippen LogP contribution is 2.56. The van der Waals surface area contributed by atoms with Crippen molar-refractivity contribution < 1.29 is 18.9 Å². The van der Waals surface area contributed by atoms with E-state index in [4.69, 9.17) is 4.42 Å². The van der Waals surface area contributed by atoms with Crippen molar-refractivity contribution in [2.45, 2.75) is 11.5 Å². The van der Waals surface area contributed by atoms with Crippen molar-refractivity contribution in [3.63, 3.8) is 0 Å². The summed E-state index contributed by atoms with van der Waals surface area (Å²) in [6.45, 7) is 0.359. The minimum absolute atomic E-state index is 0.0608. The largest absolute Gasteiger partial charge is 0.461 e. The van der Waals surface area contributed by atoms with Crippen LogP contribution in [0.15, 0.2) is 69.8 Å². The molecule has 1 amide bonds. The van der Waals surface area contributed by atoms with Crippen molar-refractivity contribution in [3.05, 3.63) is 92.3 Å². The number of Topliss-reactive ketones (excluding diaryl/α,β-unsaturated/α-hetero) is 1. The predicted octanol–water partition coefficient (Wildman–Crippen LogP) is 4.33. The van der Waals surface area contributed by atoms with Crippen molar-refractivity contribution in [1.82, 2.24) is 4.90 Å². The summed E-state index contributed by atoms with van der Waals surface area (Å²) in [7, 11) is 1.80. The highest BCUT2D eigenvalue weighted by atomic mass is 79.9. The number of hydrogen-bond donors (Lipinski definition) is 1. The van der Waals surface area contributed by atoms with Gasteiger partial charge in [0, 0.05) is 40.3 Å². The number of non-ortho nitro benzene ring substituents is 1. The molecule has 9 heteroatoms. The fourth-order valence-electron chi connectivity index (χ4n) is 5.15. The molecule has 1 fully saturated rings. The van der Waals surface area contributed by atoms with E-state index in [0.29, 0.717) is 23.4 Å². The second-order valence-corrected chi connectivity index (χ2v) is 8.98. The topological polar surface area (TPSA) is 106 Å². The van der Waals surface area contributed by atoms with E-state index in [2.05, 4.69) is 21.2 Å². The van der Waals surface area contributed by atoms with Crippen molar-refractivity contribution in [2.24, 2.45) is 5.92 Å². The Hall–Kier alpha value is -3.30. The molecular formula is C23H18BrN3O5. The molecule has 0 saturated carbocycles. The summed E-state index contributed by atoms with van der Waals surface area (Å²) >= 11 is 3.48. The molecule has 5 rings (SSSR count). The summed E-state index contributed by atoms with van der Waals surface area (Å²) in [4.78, 5) is 40.2. The van der Waals surface area contributed by atoms with E-state index in [0.717, 1.165) is 4.47 Å². The number of nitro groups is 1. The Labute approximate surface area is 191 Å². The maximum Gasteiger partial charge on any atom is 0.269 e. The third kappa shape index (κ3) is 2.85. The number of likely N-dealkylation sites (tertiary alicyclic amines) is 1. The van der Waals surface area contributed by atoms with Crippen molar-refractivity contribution in [1.29, 1.82) is 0 Å². The lowest BCUT2D eigenvalue weighted by Crippen LogP contribution is -2.51. The van der Waals surface area contributed by atoms with Gasteiger partial charge < -0.3 is 9.73 Å². The molecule has 3 atom stereocenters. The Balaban J connectivity index is 1.74. The fraction of sp³-hybridized carbons (Fsp3) is 0.217. The summed E-state index contributed by atoms with van der Waals surface area (Å²) in [6, 6.07) is 14.9. The van der Waals surface area contributed by atoms with Gasteiger partial charge in [-0.05, 0) is 42.9 Å². The number of amides is 1. The first-order chi connectivity index (χ1) is 15.3. The number of ketones is 1. The van der Waals surface area contributed by atoms with Crippen LogP contribution in [0.5, 0.6) is 0 Å². The number of fused-ring (bicyclic) bond motifs is 2. The van der Waals surface area contributed by atoms with Crippen LogP contribution in [0.3, 0.4) is 0 Å². The number of carbonyl (C=O) groups is 2. The molecule has 2 aliphatic heterocycles. The number of likely N-dealkylation sites (N-methyl/N-ethyl adjacent to an activating group) is 1. The number of furan rings is 1. The smallest absolute Gasteiger partial charge is 0.269 e. The molecule has 0 aliphatic carbocycles. The molecule has 1 aromatic heterocycles. The lowest BCUT2D eigenvalue weighted by Gasteiger charge is -2.35. The number of benzene rings is 2. The van der Waals surface area contributed by atoms with Gasteiger partial charge in [-0.1, -0.05) is 28.1 Å². The highest BCUT2D eigenvalue weighted by Gasteiger charge is 2.64. The van der Waals surface area contributed by atoms with Gasteiger partial charge in [0.15, 0.2) is 5.76 Å². The first-order valence-corrected chi connectivity index (χ1v) is 10.8. The van der Waals surface area contributed by atoms with Crippen LogP contribution in [0, 0.1) is 16.0 Å². The molecule has 162 valence electrons. The van der Waals surface area contributed by atoms with Crippen molar-refractivity contribution in [2.75, 3.05) is 18.9 Å². The van der Waals surface area contributed by atoms with Gasteiger partial charge in [0.1, 0.15) is 5.54 Å². The van der Waals surface area contributed by atoms with E-state index in [1.54, 1.807) is 37.4 Å². The van der Waals surface area contributed by atoms with Crippen molar-refractivity contribution >= 4 is 39.0 Å². The Kier molecular flexibility index (Phi) is 4.75. The quantitative estimate of drug-likeness (QED) is 0.328. The standard InChI is InChI=1S/C23H18BrN3O5/c1-26-12-16(13-4-2-5-15(10-13)27(30)31)20(21(28)19-6-3-9-32-19)23(26)17-11-14(24)7-8-18(17)25-22(23)29/h2-11,16,20H,12H2,1H3,(H,25,29)/t16-,20-,23+/m1/s1. The average Bonchev–Trinajstić information content (AvgIpc) is 3.47. The third-order valence-electron chi connectivity index (χ3n) is 6.47. The van der Waals surface area contributed by atoms with Crippen LogP contribution in [-0.4, -0.2) is 35.1 Å². The molecule has 0 unspecified atom stereocenters. The van der Waals surface area contributed by atoms with E-state index in [9.17, 15) is 19.7 Å². The van der Waals surface area contributed by atoms with E-state index in [-0.39, 0.29) is 23.1 Å². The molecule has 3 heterocycles. The zero-order valence-electron chi connectivity index (χ0n) is 16.9. The number of anilines is 1. The Morgan fingerprint density at radius 3 is 2.78 bits per heavy atom. The van der Waals surface area contributed by atoms with Gasteiger partial charge in [0.25, 0.3) is 5.69 Å². The van der Waals surface area contributed by atoms with Gasteiger partial charge >= 0.3 is 0 Å². The van der Waals surface area contributed by atoms with Gasteiger partial charge in [-0.2, -0.15) is 0 Å². The highest BCUT2D eigenvalue weighted by molar-refractivity contribution is 9.10. The number of hydrogen-bond acceptors (Lipinski definition) is 6. The number of rotatable bonds is 4. The van der Waals surface area contributed by atoms with Crippen LogP contribution in [-0.2, 0) is 10.3 Å². The molecule has 0 radical (unpaired) electrons. The monoisotopic (exact) mass is 495 g/mol. The SMILES string of the molecule is CN1C[C@H](c2cccc([N+](=O)[O-])c2)[C@H](C(=O)c2ccco2)[C@@]12C(=O)Nc1ccc(Br)cc12. The van der Waals surface area contributed by atoms with Gasteiger partial charge in [0.2, 0.25) is 11.7 Å². The summed E-state index contributed by atoms with van der Waals surface area (Å²) in [5, 5.41) is 14.3. The Bertz CT molecular complexity index is 1260. The molecule has 1 spiro atoms. The number of nitrogens with one attached hydrogen (secondary N) is 1. The average molecular weight is 496 g/mol. The number of halogens is 1. The van der Waals surface area contributed by atoms with Crippen LogP contribution in [0.25, 0.3) is 0 Å². The lowest BCUT2D eigenvalue weighted by atomic mass is 9.71. The van der Waals surface area contributed by atoms with Gasteiger partial charge in [-0.15, -0.1) is 0 Å². The molecule has 2 aromatic carbocycles. The third-order valence-corrected chi connectivity index (χ3v) is 6.96. The normalized spacial score (nSPS) is 24.5. The fourth-order valence-corrected chi connectivity index (χ4v) is 5.51. The van der Waals surface area contributed by atoms with E-state index in [1.165, 1.54) is 18.4 Å². The van der Waals surface area contributed by atoms with Crippen LogP contribution in [0.2, 0.25) is 0 Å². The van der Waals surface area contributed by atoms with E-state index < -0.39 is 22.3 Å². The predicted molar refractivity (Wildman–Crippen MR) is 119 cm³/mol. The van der Waals surface area contributed by atoms with E-state index >= 15 is 0 Å². The maximum absolute atomic E-state index is 13.8. The molecule has 1 saturated heterocycles. The number of nitrogens with zero attached hydrogens (tertiary/aromatic N) is 2. The van der Waals surface area contributed by atoms with Gasteiger partial charge in [0.05, 0.1) is 17.1 Å². The lowest BCUT2D eigenvalue weighted by molar-refractivity contribution is -0.384. The van der Waals surface area contributed by atoms with Crippen LogP contribution >= 0.6 is 15.9 Å². The minimum Gasteiger partial charge on any atom is -0.461 e. The second kappa shape index (κ2) is 7.39. The summed E-state index contributed by atoms with van der Waals surface area (Å²) < 4.78 is 6.20. The van der Waals surface area contributed by atoms with Crippen LogP contribution in [0.4, 0.5) is 11.4 Å². The second-order valence-electron chi connectivity index (χ2n) is 8.07. The van der Waals surface area contributed by atoms with E-state index in [1.807, 2.05) is 17.0 Å². The summed E-state index contributed by atoms with van der Waals surface area (Å²) in [6.07, 6.45) is 1.42. The zero-order valence-corrected chi connectivity index (χ0v) is 18.5. The first-order valence-electron chi connectivity index (χ1n) is 9.99. The minimum atomic E-state index is -1.28. The van der Waals surface area contributed by atoms with Crippen LogP contribution < -0.4 is 5.32 Å². The zero-order chi connectivity index (χ0) is 22.6. The van der Waals surface area contributed by atoms with Crippen molar-refractivity contribution in [3.8, 4) is 0 Å². The van der Waals surface area contributed by atoms with Crippen LogP contribution in [0.1, 0.15) is 27.6 Å². The molecule has 32 heavy (non-hydrogen) atoms. The Morgan fingerprint density at radius 2 is 2.06 bits per heavy atom. The Morgan fingerprint density at radius 1 is 1.25 bits per heavy atom. The maximum atomic E-state index is 13.8. The number of nitro benzene ring substituents is 1. The summed E-state index contributed by atoms with van der Waals surface area (Å²) in [5.41, 5.74) is 0.621. The summed E-state index contributed by atoms with van der Waals surface area (Å²) in [5.74, 6) is -1.79. The molecule has 1 N–H and O–H groups in total.